The molecular formula is C26H27N3O5. The van der Waals surface area contributed by atoms with E-state index in [4.69, 9.17) is 15.0 Å². The summed E-state index contributed by atoms with van der Waals surface area (Å²) in [7, 11) is 1.73. The van der Waals surface area contributed by atoms with E-state index in [1.54, 1.807) is 44.0 Å². The van der Waals surface area contributed by atoms with Crippen LogP contribution in [0.25, 0.3) is 0 Å². The minimum absolute atomic E-state index is 0.0198. The fourth-order valence-electron chi connectivity index (χ4n) is 3.06. The zero-order valence-corrected chi connectivity index (χ0v) is 19.4. The number of aliphatic hydroxyl groups is 1. The molecule has 0 fully saturated rings. The number of rotatable bonds is 3. The predicted octanol–water partition coefficient (Wildman–Crippen LogP) is 2.92. The molecule has 0 saturated heterocycles. The van der Waals surface area contributed by atoms with Gasteiger partial charge in [-0.05, 0) is 37.6 Å². The summed E-state index contributed by atoms with van der Waals surface area (Å²) in [5.41, 5.74) is 6.75. The minimum Gasteiger partial charge on any atom is -0.491 e. The van der Waals surface area contributed by atoms with Crippen molar-refractivity contribution in [1.29, 1.82) is 0 Å². The molecule has 2 amide bonds. The molecule has 176 valence electrons. The van der Waals surface area contributed by atoms with Crippen molar-refractivity contribution in [3.63, 3.8) is 0 Å². The van der Waals surface area contributed by atoms with Gasteiger partial charge in [-0.3, -0.25) is 9.59 Å². The Morgan fingerprint density at radius 1 is 1.21 bits per heavy atom. The Morgan fingerprint density at radius 2 is 1.94 bits per heavy atom. The van der Waals surface area contributed by atoms with Crippen LogP contribution in [-0.4, -0.2) is 41.3 Å². The van der Waals surface area contributed by atoms with Crippen LogP contribution in [-0.2, 0) is 11.2 Å². The molecule has 2 heterocycles. The van der Waals surface area contributed by atoms with Crippen LogP contribution >= 0.6 is 0 Å². The molecule has 3 aromatic rings. The van der Waals surface area contributed by atoms with Crippen molar-refractivity contribution < 1.29 is 24.0 Å². The number of fused-ring (bicyclic) bond motifs is 1. The molecule has 0 bridgehead atoms. The molecule has 1 aliphatic heterocycles. The summed E-state index contributed by atoms with van der Waals surface area (Å²) in [5.74, 6) is 6.41. The van der Waals surface area contributed by atoms with E-state index in [1.165, 1.54) is 0 Å². The summed E-state index contributed by atoms with van der Waals surface area (Å²) >= 11 is 0. The lowest BCUT2D eigenvalue weighted by molar-refractivity contribution is -0.118. The van der Waals surface area contributed by atoms with E-state index in [0.717, 1.165) is 11.1 Å². The van der Waals surface area contributed by atoms with Gasteiger partial charge in [-0.1, -0.05) is 47.3 Å². The molecule has 0 atom stereocenters. The summed E-state index contributed by atoms with van der Waals surface area (Å²) in [5, 5.41) is 13.2. The highest BCUT2D eigenvalue weighted by Gasteiger charge is 2.20. The van der Waals surface area contributed by atoms with Crippen molar-refractivity contribution in [3.8, 4) is 17.6 Å². The Bertz CT molecular complexity index is 1220. The summed E-state index contributed by atoms with van der Waals surface area (Å²) in [4.78, 5) is 24.1. The quantitative estimate of drug-likeness (QED) is 0.579. The fraction of sp³-hybridized carbons (Fsp3) is 0.269. The smallest absolute Gasteiger partial charge is 0.270 e. The highest BCUT2D eigenvalue weighted by Crippen LogP contribution is 2.31. The number of primary amides is 1. The molecule has 0 radical (unpaired) electrons. The molecule has 0 unspecified atom stereocenters. The zero-order chi connectivity index (χ0) is 24.7. The number of nitrogens with zero attached hydrogens (tertiary/aromatic N) is 2. The highest BCUT2D eigenvalue weighted by molar-refractivity contribution is 5.95. The Kier molecular flexibility index (Phi) is 7.71. The SMILES string of the molecule is CN1C(=O)CCOc2ccc(C#CC(C)(C)O)cc21.NC(=O)c1cc(Cc2ccccc2)on1. The van der Waals surface area contributed by atoms with E-state index in [1.807, 2.05) is 36.4 Å². The normalized spacial score (nSPS) is 12.8. The van der Waals surface area contributed by atoms with Gasteiger partial charge in [0.15, 0.2) is 5.69 Å². The molecule has 0 spiro atoms. The zero-order valence-electron chi connectivity index (χ0n) is 19.4. The third-order valence-corrected chi connectivity index (χ3v) is 4.81. The second-order valence-corrected chi connectivity index (χ2v) is 8.25. The van der Waals surface area contributed by atoms with Gasteiger partial charge in [0.1, 0.15) is 17.1 Å². The number of nitrogens with two attached hydrogens (primary N) is 1. The highest BCUT2D eigenvalue weighted by atomic mass is 16.5. The first-order valence-electron chi connectivity index (χ1n) is 10.7. The molecule has 2 aromatic carbocycles. The Hall–Kier alpha value is -4.09. The maximum atomic E-state index is 11.8. The van der Waals surface area contributed by atoms with Gasteiger partial charge < -0.3 is 25.0 Å². The molecule has 0 aliphatic carbocycles. The number of hydrogen-bond acceptors (Lipinski definition) is 6. The number of hydrogen-bond donors (Lipinski definition) is 2. The average molecular weight is 462 g/mol. The number of aromatic nitrogens is 1. The molecule has 8 nitrogen and oxygen atoms in total. The summed E-state index contributed by atoms with van der Waals surface area (Å²) < 4.78 is 10.5. The number of benzene rings is 2. The van der Waals surface area contributed by atoms with Crippen molar-refractivity contribution in [2.75, 3.05) is 18.6 Å². The lowest BCUT2D eigenvalue weighted by Crippen LogP contribution is -2.25. The lowest BCUT2D eigenvalue weighted by atomic mass is 10.1. The van der Waals surface area contributed by atoms with Crippen LogP contribution in [0.15, 0.2) is 59.1 Å². The van der Waals surface area contributed by atoms with Crippen LogP contribution in [0.3, 0.4) is 0 Å². The van der Waals surface area contributed by atoms with Gasteiger partial charge in [0, 0.05) is 25.1 Å². The van der Waals surface area contributed by atoms with Gasteiger partial charge in [-0.25, -0.2) is 0 Å². The van der Waals surface area contributed by atoms with Crippen molar-refractivity contribution in [2.45, 2.75) is 32.3 Å². The fourth-order valence-corrected chi connectivity index (χ4v) is 3.06. The van der Waals surface area contributed by atoms with Crippen molar-refractivity contribution in [3.05, 3.63) is 77.2 Å². The Morgan fingerprint density at radius 3 is 2.59 bits per heavy atom. The molecule has 1 aliphatic rings. The molecule has 3 N–H and O–H groups in total. The van der Waals surface area contributed by atoms with Crippen LogP contribution in [0.4, 0.5) is 5.69 Å². The van der Waals surface area contributed by atoms with E-state index in [9.17, 15) is 14.7 Å². The summed E-state index contributed by atoms with van der Waals surface area (Å²) in [6, 6.07) is 16.8. The van der Waals surface area contributed by atoms with Gasteiger partial charge in [0.2, 0.25) is 5.91 Å². The van der Waals surface area contributed by atoms with Crippen LogP contribution in [0, 0.1) is 11.8 Å². The van der Waals surface area contributed by atoms with Crippen molar-refractivity contribution in [1.82, 2.24) is 5.16 Å². The van der Waals surface area contributed by atoms with E-state index in [2.05, 4.69) is 17.0 Å². The van der Waals surface area contributed by atoms with Crippen LogP contribution in [0.1, 0.15) is 47.6 Å². The van der Waals surface area contributed by atoms with Crippen LogP contribution < -0.4 is 15.4 Å². The van der Waals surface area contributed by atoms with Crippen molar-refractivity contribution >= 4 is 17.5 Å². The summed E-state index contributed by atoms with van der Waals surface area (Å²) in [6.07, 6.45) is 0.983. The topological polar surface area (TPSA) is 119 Å². The van der Waals surface area contributed by atoms with Gasteiger partial charge in [0.25, 0.3) is 5.91 Å². The first kappa shape index (κ1) is 24.6. The minimum atomic E-state index is -1.04. The first-order valence-corrected chi connectivity index (χ1v) is 10.7. The van der Waals surface area contributed by atoms with Gasteiger partial charge in [-0.15, -0.1) is 0 Å². The first-order chi connectivity index (χ1) is 16.1. The maximum Gasteiger partial charge on any atom is 0.270 e. The molecular weight excluding hydrogens is 434 g/mol. The standard InChI is InChI=1S/C15H17NO3.C11H10N2O2/c1-15(2,18)8-6-11-4-5-13-12(10-11)16(3)14(17)7-9-19-13;12-11(14)10-7-9(15-13-10)6-8-4-2-1-3-5-8/h4-5,10,18H,7,9H2,1-3H3;1-5,7H,6H2,(H2,12,14). The number of amides is 2. The lowest BCUT2D eigenvalue weighted by Gasteiger charge is -2.16. The average Bonchev–Trinajstić information content (AvgIpc) is 3.22. The molecule has 34 heavy (non-hydrogen) atoms. The number of anilines is 1. The third kappa shape index (κ3) is 6.95. The van der Waals surface area contributed by atoms with Crippen molar-refractivity contribution in [2.24, 2.45) is 5.73 Å². The molecule has 1 aromatic heterocycles. The van der Waals surface area contributed by atoms with E-state index in [0.29, 0.717) is 36.6 Å². The largest absolute Gasteiger partial charge is 0.491 e. The third-order valence-electron chi connectivity index (χ3n) is 4.81. The second-order valence-electron chi connectivity index (χ2n) is 8.25. The van der Waals surface area contributed by atoms with Gasteiger partial charge >= 0.3 is 0 Å². The number of carbonyl (C=O) groups is 2. The molecule has 0 saturated carbocycles. The Labute approximate surface area is 198 Å². The molecule has 8 heteroatoms. The van der Waals surface area contributed by atoms with E-state index >= 15 is 0 Å². The Balaban J connectivity index is 0.000000196. The van der Waals surface area contributed by atoms with Crippen LogP contribution in [0.5, 0.6) is 5.75 Å². The van der Waals surface area contributed by atoms with Gasteiger partial charge in [-0.2, -0.15) is 0 Å². The van der Waals surface area contributed by atoms with E-state index < -0.39 is 11.5 Å². The van der Waals surface area contributed by atoms with Gasteiger partial charge in [0.05, 0.1) is 18.7 Å². The van der Waals surface area contributed by atoms with E-state index in [-0.39, 0.29) is 11.6 Å². The summed E-state index contributed by atoms with van der Waals surface area (Å²) in [6.45, 7) is 3.65. The van der Waals surface area contributed by atoms with Crippen LogP contribution in [0.2, 0.25) is 0 Å². The number of carbonyl (C=O) groups excluding carboxylic acids is 2. The maximum absolute atomic E-state index is 11.8. The molecule has 4 rings (SSSR count). The number of ether oxygens (including phenoxy) is 1. The predicted molar refractivity (Wildman–Crippen MR) is 127 cm³/mol. The monoisotopic (exact) mass is 461 g/mol. The second kappa shape index (κ2) is 10.7.